The highest BCUT2D eigenvalue weighted by atomic mass is 32.2. The Kier molecular flexibility index (Phi) is 6.36. The maximum atomic E-state index is 12.3. The topological polar surface area (TPSA) is 60.4 Å². The van der Waals surface area contributed by atoms with Crippen molar-refractivity contribution < 1.29 is 30.6 Å². The van der Waals surface area contributed by atoms with Gasteiger partial charge in [-0.25, -0.2) is 4.18 Å². The molecule has 0 saturated heterocycles. The zero-order chi connectivity index (χ0) is 16.1. The largest absolute Gasteiger partial charge is 0.523 e. The van der Waals surface area contributed by atoms with Gasteiger partial charge in [0.15, 0.2) is 11.9 Å². The van der Waals surface area contributed by atoms with E-state index in [1.165, 1.54) is 19.9 Å². The summed E-state index contributed by atoms with van der Waals surface area (Å²) in [6.07, 6.45) is 1.47. The van der Waals surface area contributed by atoms with Crippen LogP contribution >= 0.6 is 0 Å². The number of carbonyl (C=O) groups excluding carboxylic acids is 1. The summed E-state index contributed by atoms with van der Waals surface area (Å²) in [5.41, 5.74) is -5.73. The van der Waals surface area contributed by atoms with Crippen molar-refractivity contribution in [2.75, 3.05) is 0 Å². The van der Waals surface area contributed by atoms with Crippen LogP contribution in [0.25, 0.3) is 0 Å². The van der Waals surface area contributed by atoms with E-state index in [0.29, 0.717) is 0 Å². The van der Waals surface area contributed by atoms with E-state index in [1.807, 2.05) is 0 Å². The van der Waals surface area contributed by atoms with Crippen molar-refractivity contribution in [2.24, 2.45) is 5.92 Å². The highest BCUT2D eigenvalue weighted by Gasteiger charge is 2.49. The Labute approximate surface area is 115 Å². The highest BCUT2D eigenvalue weighted by molar-refractivity contribution is 7.87. The van der Waals surface area contributed by atoms with Crippen LogP contribution in [-0.2, 0) is 19.1 Å². The predicted octanol–water partition coefficient (Wildman–Crippen LogP) is 2.74. The average molecular weight is 312 g/mol. The lowest BCUT2D eigenvalue weighted by molar-refractivity contribution is -0.127. The number of halogens is 3. The minimum Gasteiger partial charge on any atom is -0.296 e. The summed E-state index contributed by atoms with van der Waals surface area (Å²) in [4.78, 5) is 11.8. The van der Waals surface area contributed by atoms with Gasteiger partial charge in [0.25, 0.3) is 0 Å². The summed E-state index contributed by atoms with van der Waals surface area (Å²) in [6.45, 7) is 9.45. The molecule has 0 aliphatic rings. The summed E-state index contributed by atoms with van der Waals surface area (Å²) >= 11 is 0. The Hall–Kier alpha value is -1.41. The lowest BCUT2D eigenvalue weighted by Gasteiger charge is -2.20. The first kappa shape index (κ1) is 18.6. The first-order chi connectivity index (χ1) is 8.97. The van der Waals surface area contributed by atoms with Crippen molar-refractivity contribution >= 4 is 15.9 Å². The maximum Gasteiger partial charge on any atom is 0.523 e. The molecule has 1 atom stereocenters. The molecule has 0 aliphatic carbocycles. The van der Waals surface area contributed by atoms with Gasteiger partial charge < -0.3 is 0 Å². The van der Waals surface area contributed by atoms with E-state index in [-0.39, 0.29) is 5.57 Å². The number of ketones is 1. The van der Waals surface area contributed by atoms with Gasteiger partial charge in [-0.1, -0.05) is 45.2 Å². The van der Waals surface area contributed by atoms with Crippen LogP contribution in [0.2, 0.25) is 0 Å². The molecule has 0 spiro atoms. The Bertz CT molecular complexity index is 515. The second kappa shape index (κ2) is 6.85. The van der Waals surface area contributed by atoms with E-state index in [2.05, 4.69) is 17.3 Å². The van der Waals surface area contributed by atoms with Crippen LogP contribution in [0.4, 0.5) is 13.2 Å². The molecule has 8 heteroatoms. The number of carbonyl (C=O) groups is 1. The number of alkyl halides is 3. The monoisotopic (exact) mass is 312 g/mol. The first-order valence-corrected chi connectivity index (χ1v) is 6.87. The Morgan fingerprint density at radius 3 is 2.05 bits per heavy atom. The van der Waals surface area contributed by atoms with Gasteiger partial charge in [-0.3, -0.25) is 4.79 Å². The van der Waals surface area contributed by atoms with E-state index in [0.717, 1.165) is 12.2 Å². The number of Topliss-reactive ketones (excluding diaryl/α,β-unsaturated/α-hetero) is 1. The zero-order valence-corrected chi connectivity index (χ0v) is 11.8. The van der Waals surface area contributed by atoms with Crippen LogP contribution in [0.1, 0.15) is 13.8 Å². The maximum absolute atomic E-state index is 12.3. The second-order valence-corrected chi connectivity index (χ2v) is 5.60. The van der Waals surface area contributed by atoms with E-state index < -0.39 is 33.4 Å². The molecule has 0 amide bonds. The third kappa shape index (κ3) is 4.61. The minimum atomic E-state index is -5.89. The van der Waals surface area contributed by atoms with Crippen molar-refractivity contribution in [3.63, 3.8) is 0 Å². The summed E-state index contributed by atoms with van der Waals surface area (Å²) in [7, 11) is -5.89. The lowest BCUT2D eigenvalue weighted by atomic mass is 9.98. The number of rotatable bonds is 7. The average Bonchev–Trinajstić information content (AvgIpc) is 2.31. The molecule has 0 fully saturated rings. The Morgan fingerprint density at radius 2 is 1.75 bits per heavy atom. The fourth-order valence-electron chi connectivity index (χ4n) is 1.15. The SMILES string of the molecule is C=C/C=C(\C=C)C(OS(=O)(=O)C(F)(F)F)C(=O)C(C)C. The summed E-state index contributed by atoms with van der Waals surface area (Å²) in [5, 5.41) is 0. The van der Waals surface area contributed by atoms with Crippen LogP contribution in [-0.4, -0.2) is 25.8 Å². The molecule has 114 valence electrons. The molecule has 20 heavy (non-hydrogen) atoms. The van der Waals surface area contributed by atoms with Gasteiger partial charge in [0.1, 0.15) is 0 Å². The summed E-state index contributed by atoms with van der Waals surface area (Å²) in [5.74, 6) is -1.54. The molecule has 0 radical (unpaired) electrons. The van der Waals surface area contributed by atoms with E-state index >= 15 is 0 Å². The fraction of sp³-hybridized carbons (Fsp3) is 0.417. The molecule has 1 unspecified atom stereocenters. The van der Waals surface area contributed by atoms with Crippen molar-refractivity contribution in [1.29, 1.82) is 0 Å². The van der Waals surface area contributed by atoms with E-state index in [9.17, 15) is 26.4 Å². The van der Waals surface area contributed by atoms with Crippen LogP contribution in [0, 0.1) is 5.92 Å². The molecule has 0 aromatic rings. The third-order valence-corrected chi connectivity index (χ3v) is 3.20. The molecule has 0 aromatic carbocycles. The lowest BCUT2D eigenvalue weighted by Crippen LogP contribution is -2.36. The molecule has 0 heterocycles. The van der Waals surface area contributed by atoms with Crippen molar-refractivity contribution in [3.05, 3.63) is 37.0 Å². The summed E-state index contributed by atoms with van der Waals surface area (Å²) in [6, 6.07) is 0. The van der Waals surface area contributed by atoms with Crippen LogP contribution in [0.3, 0.4) is 0 Å². The van der Waals surface area contributed by atoms with Crippen molar-refractivity contribution in [3.8, 4) is 0 Å². The molecule has 0 aromatic heterocycles. The van der Waals surface area contributed by atoms with Gasteiger partial charge in [0.05, 0.1) is 0 Å². The molecular weight excluding hydrogens is 297 g/mol. The second-order valence-electron chi connectivity index (χ2n) is 4.04. The quantitative estimate of drug-likeness (QED) is 0.412. The number of hydrogen-bond donors (Lipinski definition) is 0. The third-order valence-electron chi connectivity index (χ3n) is 2.18. The first-order valence-electron chi connectivity index (χ1n) is 5.46. The predicted molar refractivity (Wildman–Crippen MR) is 68.2 cm³/mol. The van der Waals surface area contributed by atoms with Crippen molar-refractivity contribution in [2.45, 2.75) is 25.5 Å². The van der Waals surface area contributed by atoms with E-state index in [4.69, 9.17) is 0 Å². The standard InChI is InChI=1S/C12H15F3O4S/c1-5-7-9(6-2)11(10(16)8(3)4)19-20(17,18)12(13,14)15/h5-8,11H,1-2H2,3-4H3/b9-7+. The van der Waals surface area contributed by atoms with Crippen LogP contribution in [0.15, 0.2) is 37.0 Å². The zero-order valence-electron chi connectivity index (χ0n) is 11.0. The van der Waals surface area contributed by atoms with E-state index in [1.54, 1.807) is 0 Å². The smallest absolute Gasteiger partial charge is 0.296 e. The number of hydrogen-bond acceptors (Lipinski definition) is 4. The van der Waals surface area contributed by atoms with Crippen LogP contribution in [0.5, 0.6) is 0 Å². The van der Waals surface area contributed by atoms with Gasteiger partial charge >= 0.3 is 15.6 Å². The van der Waals surface area contributed by atoms with Gasteiger partial charge in [-0.05, 0) is 5.57 Å². The Morgan fingerprint density at radius 1 is 1.25 bits per heavy atom. The molecule has 0 rings (SSSR count). The fourth-order valence-corrected chi connectivity index (χ4v) is 1.72. The Balaban J connectivity index is 5.70. The molecule has 0 bridgehead atoms. The highest BCUT2D eigenvalue weighted by Crippen LogP contribution is 2.28. The summed E-state index contributed by atoms with van der Waals surface area (Å²) < 4.78 is 63.1. The molecular formula is C12H15F3O4S. The van der Waals surface area contributed by atoms with Gasteiger partial charge in [-0.2, -0.15) is 21.6 Å². The minimum absolute atomic E-state index is 0.119. The van der Waals surface area contributed by atoms with Crippen molar-refractivity contribution in [1.82, 2.24) is 0 Å². The normalized spacial score (nSPS) is 15.0. The van der Waals surface area contributed by atoms with Crippen LogP contribution < -0.4 is 0 Å². The van der Waals surface area contributed by atoms with Gasteiger partial charge in [-0.15, -0.1) is 0 Å². The number of allylic oxidation sites excluding steroid dienone is 2. The molecule has 0 aliphatic heterocycles. The van der Waals surface area contributed by atoms with Gasteiger partial charge in [0.2, 0.25) is 0 Å². The van der Waals surface area contributed by atoms with Gasteiger partial charge in [0, 0.05) is 5.92 Å². The molecule has 4 nitrogen and oxygen atoms in total. The molecule has 0 saturated carbocycles. The molecule has 0 N–H and O–H groups in total.